The first-order valence-corrected chi connectivity index (χ1v) is 9.58. The molecule has 27 heavy (non-hydrogen) atoms. The number of likely N-dealkylation sites (tertiary alicyclic amines) is 1. The summed E-state index contributed by atoms with van der Waals surface area (Å²) in [5.41, 5.74) is 2.73. The maximum Gasteiger partial charge on any atom is 0.340 e. The first-order valence-electron chi connectivity index (χ1n) is 9.58. The lowest BCUT2D eigenvalue weighted by molar-refractivity contribution is -0.226. The summed E-state index contributed by atoms with van der Waals surface area (Å²) in [5, 5.41) is 0.901. The van der Waals surface area contributed by atoms with E-state index >= 15 is 0 Å². The number of carbonyl (C=O) groups excluding carboxylic acids is 1. The van der Waals surface area contributed by atoms with E-state index in [1.165, 1.54) is 13.5 Å². The summed E-state index contributed by atoms with van der Waals surface area (Å²) < 4.78 is 19.2. The summed E-state index contributed by atoms with van der Waals surface area (Å²) in [6.07, 6.45) is 0.906. The van der Waals surface area contributed by atoms with Crippen LogP contribution in [0.1, 0.15) is 36.3 Å². The summed E-state index contributed by atoms with van der Waals surface area (Å²) in [6.45, 7) is 9.50. The van der Waals surface area contributed by atoms with Crippen LogP contribution in [0.2, 0.25) is 0 Å². The molecule has 0 bridgehead atoms. The third-order valence-electron chi connectivity index (χ3n) is 6.08. The molecule has 2 aliphatic rings. The molecule has 0 radical (unpaired) electrons. The van der Waals surface area contributed by atoms with Crippen molar-refractivity contribution in [3.8, 4) is 0 Å². The smallest absolute Gasteiger partial charge is 0.340 e. The largest absolute Gasteiger partial charge is 0.465 e. The highest BCUT2D eigenvalue weighted by Gasteiger charge is 2.42. The van der Waals surface area contributed by atoms with Gasteiger partial charge < -0.3 is 18.8 Å². The van der Waals surface area contributed by atoms with Gasteiger partial charge in [-0.05, 0) is 33.3 Å². The van der Waals surface area contributed by atoms with Crippen LogP contribution in [0.3, 0.4) is 0 Å². The molecular formula is C21H28N2O4. The normalized spacial score (nSPS) is 25.3. The summed E-state index contributed by atoms with van der Waals surface area (Å²) in [7, 11) is 1.42. The van der Waals surface area contributed by atoms with Gasteiger partial charge in [0.2, 0.25) is 0 Å². The Morgan fingerprint density at radius 3 is 2.56 bits per heavy atom. The Bertz CT molecular complexity index is 849. The van der Waals surface area contributed by atoms with Gasteiger partial charge in [-0.3, -0.25) is 4.90 Å². The number of esters is 1. The van der Waals surface area contributed by atoms with E-state index in [0.717, 1.165) is 23.1 Å². The zero-order valence-electron chi connectivity index (χ0n) is 16.5. The molecule has 0 atom stereocenters. The van der Waals surface area contributed by atoms with Crippen molar-refractivity contribution in [3.05, 3.63) is 35.5 Å². The maximum absolute atomic E-state index is 12.3. The summed E-state index contributed by atoms with van der Waals surface area (Å²) in [4.78, 5) is 14.7. The van der Waals surface area contributed by atoms with E-state index in [1.54, 1.807) is 0 Å². The number of ether oxygens (including phenoxy) is 3. The van der Waals surface area contributed by atoms with Crippen LogP contribution in [0.15, 0.2) is 24.3 Å². The Labute approximate surface area is 160 Å². The molecule has 1 aromatic carbocycles. The highest BCUT2D eigenvalue weighted by Crippen LogP contribution is 2.33. The second kappa shape index (κ2) is 6.93. The Morgan fingerprint density at radius 2 is 1.96 bits per heavy atom. The van der Waals surface area contributed by atoms with Gasteiger partial charge in [0.25, 0.3) is 0 Å². The topological polar surface area (TPSA) is 52.9 Å². The van der Waals surface area contributed by atoms with Gasteiger partial charge >= 0.3 is 5.97 Å². The van der Waals surface area contributed by atoms with Gasteiger partial charge in [-0.1, -0.05) is 18.2 Å². The lowest BCUT2D eigenvalue weighted by Gasteiger charge is -2.53. The molecule has 146 valence electrons. The Balaban J connectivity index is 1.51. The summed E-state index contributed by atoms with van der Waals surface area (Å²) in [6, 6.07) is 8.20. The molecule has 4 rings (SSSR count). The van der Waals surface area contributed by atoms with E-state index in [-0.39, 0.29) is 17.8 Å². The third kappa shape index (κ3) is 3.16. The number of methoxy groups -OCH3 is 1. The molecule has 0 saturated carbocycles. The van der Waals surface area contributed by atoms with E-state index in [1.807, 2.05) is 31.2 Å². The van der Waals surface area contributed by atoms with Gasteiger partial charge in [0.05, 0.1) is 38.5 Å². The number of hydrogen-bond donors (Lipinski definition) is 0. The molecule has 2 aromatic rings. The zero-order valence-corrected chi connectivity index (χ0v) is 16.5. The molecule has 6 nitrogen and oxygen atoms in total. The Morgan fingerprint density at radius 1 is 1.26 bits per heavy atom. The van der Waals surface area contributed by atoms with Crippen LogP contribution in [0.25, 0.3) is 10.9 Å². The van der Waals surface area contributed by atoms with Crippen LogP contribution in [-0.4, -0.2) is 60.2 Å². The molecule has 3 heterocycles. The fourth-order valence-electron chi connectivity index (χ4n) is 4.36. The maximum atomic E-state index is 12.3. The third-order valence-corrected chi connectivity index (χ3v) is 6.08. The highest BCUT2D eigenvalue weighted by atomic mass is 16.7. The van der Waals surface area contributed by atoms with Crippen molar-refractivity contribution >= 4 is 16.9 Å². The zero-order chi connectivity index (χ0) is 19.2. The van der Waals surface area contributed by atoms with Crippen LogP contribution in [-0.2, 0) is 20.8 Å². The minimum Gasteiger partial charge on any atom is -0.465 e. The molecule has 0 spiro atoms. The fraction of sp³-hybridized carbons (Fsp3) is 0.571. The van der Waals surface area contributed by atoms with Crippen LogP contribution in [0.5, 0.6) is 0 Å². The van der Waals surface area contributed by atoms with Crippen LogP contribution in [0.4, 0.5) is 0 Å². The minimum absolute atomic E-state index is 0.243. The van der Waals surface area contributed by atoms with E-state index in [9.17, 15) is 4.79 Å². The number of nitrogens with zero attached hydrogens (tertiary/aromatic N) is 2. The van der Waals surface area contributed by atoms with Crippen molar-refractivity contribution in [2.75, 3.05) is 26.9 Å². The van der Waals surface area contributed by atoms with Gasteiger partial charge in [-0.25, -0.2) is 4.79 Å². The average Bonchev–Trinajstić information content (AvgIpc) is 2.94. The summed E-state index contributed by atoms with van der Waals surface area (Å²) >= 11 is 0. The van der Waals surface area contributed by atoms with E-state index in [2.05, 4.69) is 23.3 Å². The Hall–Kier alpha value is -1.89. The monoisotopic (exact) mass is 372 g/mol. The predicted molar refractivity (Wildman–Crippen MR) is 103 cm³/mol. The number of carbonyl (C=O) groups is 1. The van der Waals surface area contributed by atoms with Gasteiger partial charge in [-0.2, -0.15) is 0 Å². The standard InChI is InChI=1S/C21H28N2O4/c1-14-19(20(24)25-4)16-7-5-6-8-17(16)22(14)11-18-26-12-15(13-27-18)23-10-9-21(23,2)3/h5-8,15,18H,9-13H2,1-4H3. The van der Waals surface area contributed by atoms with Crippen molar-refractivity contribution < 1.29 is 19.0 Å². The highest BCUT2D eigenvalue weighted by molar-refractivity contribution is 6.05. The van der Waals surface area contributed by atoms with Gasteiger partial charge in [-0.15, -0.1) is 0 Å². The SMILES string of the molecule is COC(=O)c1c(C)n(CC2OCC(N3CCC3(C)C)CO2)c2ccccc12. The second-order valence-corrected chi connectivity index (χ2v) is 8.09. The van der Waals surface area contributed by atoms with Crippen LogP contribution < -0.4 is 0 Å². The molecule has 2 aliphatic heterocycles. The second-order valence-electron chi connectivity index (χ2n) is 8.09. The van der Waals surface area contributed by atoms with E-state index in [4.69, 9.17) is 14.2 Å². The number of fused-ring (bicyclic) bond motifs is 1. The molecule has 2 saturated heterocycles. The first kappa shape index (κ1) is 18.5. The van der Waals surface area contributed by atoms with Gasteiger partial charge in [0.15, 0.2) is 6.29 Å². The number of rotatable bonds is 4. The molecule has 0 N–H and O–H groups in total. The number of aromatic nitrogens is 1. The molecule has 0 amide bonds. The lowest BCUT2D eigenvalue weighted by atomic mass is 9.87. The number of benzene rings is 1. The van der Waals surface area contributed by atoms with Crippen molar-refractivity contribution in [2.45, 2.75) is 51.6 Å². The van der Waals surface area contributed by atoms with Crippen molar-refractivity contribution in [1.82, 2.24) is 9.47 Å². The lowest BCUT2D eigenvalue weighted by Crippen LogP contribution is -2.63. The van der Waals surface area contributed by atoms with Crippen molar-refractivity contribution in [2.24, 2.45) is 0 Å². The molecule has 0 unspecified atom stereocenters. The number of hydrogen-bond acceptors (Lipinski definition) is 5. The minimum atomic E-state index is -0.314. The first-order chi connectivity index (χ1) is 12.9. The van der Waals surface area contributed by atoms with Crippen LogP contribution >= 0.6 is 0 Å². The van der Waals surface area contributed by atoms with Gasteiger partial charge in [0.1, 0.15) is 0 Å². The number of para-hydroxylation sites is 1. The summed E-state index contributed by atoms with van der Waals surface area (Å²) in [5.74, 6) is -0.312. The quantitative estimate of drug-likeness (QED) is 0.773. The molecule has 0 aliphatic carbocycles. The van der Waals surface area contributed by atoms with Crippen LogP contribution in [0, 0.1) is 6.92 Å². The van der Waals surface area contributed by atoms with E-state index < -0.39 is 0 Å². The Kier molecular flexibility index (Phi) is 4.74. The van der Waals surface area contributed by atoms with E-state index in [0.29, 0.717) is 31.4 Å². The predicted octanol–water partition coefficient (Wildman–Crippen LogP) is 2.96. The van der Waals surface area contributed by atoms with Crippen molar-refractivity contribution in [3.63, 3.8) is 0 Å². The molecule has 1 aromatic heterocycles. The average molecular weight is 372 g/mol. The fourth-order valence-corrected chi connectivity index (χ4v) is 4.36. The molecule has 2 fully saturated rings. The molecular weight excluding hydrogens is 344 g/mol. The van der Waals surface area contributed by atoms with Crippen molar-refractivity contribution in [1.29, 1.82) is 0 Å². The van der Waals surface area contributed by atoms with Gasteiger partial charge in [0, 0.05) is 28.7 Å². The molecule has 6 heteroatoms.